The van der Waals surface area contributed by atoms with E-state index in [9.17, 15) is 4.79 Å². The molecule has 1 aromatic carbocycles. The molecular weight excluding hydrogens is 198 g/mol. The molecule has 0 spiro atoms. The maximum atomic E-state index is 11.5. The summed E-state index contributed by atoms with van der Waals surface area (Å²) in [7, 11) is 1.76. The summed E-state index contributed by atoms with van der Waals surface area (Å²) in [5.41, 5.74) is 0.709. The van der Waals surface area contributed by atoms with E-state index in [0.717, 1.165) is 10.6 Å². The van der Waals surface area contributed by atoms with Crippen molar-refractivity contribution in [1.82, 2.24) is 5.32 Å². The first-order valence-electron chi connectivity index (χ1n) is 4.38. The van der Waals surface area contributed by atoms with Gasteiger partial charge in [-0.15, -0.1) is 0 Å². The molecule has 0 saturated carbocycles. The average molecular weight is 209 g/mol. The summed E-state index contributed by atoms with van der Waals surface area (Å²) in [5.74, 6) is 1.58. The first kappa shape index (κ1) is 9.55. The Bertz CT molecular complexity index is 365. The molecule has 0 atom stereocenters. The Morgan fingerprint density at radius 1 is 1.64 bits per heavy atom. The smallest absolute Gasteiger partial charge is 0.176 e. The normalized spacial score (nSPS) is 13.5. The van der Waals surface area contributed by atoms with Crippen molar-refractivity contribution in [3.05, 3.63) is 23.8 Å². The lowest BCUT2D eigenvalue weighted by Gasteiger charge is -2.02. The monoisotopic (exact) mass is 209 g/mol. The van der Waals surface area contributed by atoms with Crippen molar-refractivity contribution >= 4 is 17.5 Å². The van der Waals surface area contributed by atoms with Crippen molar-refractivity contribution in [2.75, 3.05) is 19.5 Å². The summed E-state index contributed by atoms with van der Waals surface area (Å²) < 4.78 is 5.36. The Balaban J connectivity index is 2.24. The fraction of sp³-hybridized carbons (Fsp3) is 0.300. The number of nitrogens with one attached hydrogen (secondary N) is 1. The molecule has 2 rings (SSSR count). The van der Waals surface area contributed by atoms with Crippen LogP contribution >= 0.6 is 11.8 Å². The van der Waals surface area contributed by atoms with E-state index in [-0.39, 0.29) is 5.78 Å². The largest absolute Gasteiger partial charge is 0.481 e. The van der Waals surface area contributed by atoms with Gasteiger partial charge in [0, 0.05) is 5.56 Å². The maximum absolute atomic E-state index is 11.5. The molecule has 3 nitrogen and oxygen atoms in total. The van der Waals surface area contributed by atoms with Crippen molar-refractivity contribution in [2.45, 2.75) is 4.90 Å². The molecule has 0 fully saturated rings. The summed E-state index contributed by atoms with van der Waals surface area (Å²) in [4.78, 5) is 12.6. The number of likely N-dealkylation sites (N-methyl/N-ethyl adjacent to an activating group) is 1. The minimum absolute atomic E-state index is 0.0933. The van der Waals surface area contributed by atoms with Gasteiger partial charge in [0.05, 0.1) is 11.4 Å². The zero-order valence-corrected chi connectivity index (χ0v) is 8.69. The SMILES string of the molecule is CNCC(=O)c1ccc2c(c1)OCS2. The molecule has 0 saturated heterocycles. The van der Waals surface area contributed by atoms with Crippen LogP contribution in [0.15, 0.2) is 23.1 Å². The lowest BCUT2D eigenvalue weighted by Crippen LogP contribution is -2.18. The van der Waals surface area contributed by atoms with E-state index in [2.05, 4.69) is 5.32 Å². The molecule has 1 heterocycles. The molecule has 0 aromatic heterocycles. The number of carbonyl (C=O) groups excluding carboxylic acids is 1. The number of hydrogen-bond donors (Lipinski definition) is 1. The zero-order valence-electron chi connectivity index (χ0n) is 7.87. The number of carbonyl (C=O) groups is 1. The van der Waals surface area contributed by atoms with Crippen molar-refractivity contribution in [3.8, 4) is 5.75 Å². The van der Waals surface area contributed by atoms with Crippen LogP contribution in [0, 0.1) is 0 Å². The third kappa shape index (κ3) is 1.76. The van der Waals surface area contributed by atoms with Crippen molar-refractivity contribution in [1.29, 1.82) is 0 Å². The van der Waals surface area contributed by atoms with Crippen LogP contribution in [-0.4, -0.2) is 25.3 Å². The Kier molecular flexibility index (Phi) is 2.74. The Morgan fingerprint density at radius 2 is 2.50 bits per heavy atom. The highest BCUT2D eigenvalue weighted by Gasteiger charge is 2.14. The highest BCUT2D eigenvalue weighted by atomic mass is 32.2. The molecule has 74 valence electrons. The van der Waals surface area contributed by atoms with Gasteiger partial charge in [0.15, 0.2) is 5.78 Å². The van der Waals surface area contributed by atoms with Crippen LogP contribution in [0.25, 0.3) is 0 Å². The molecule has 0 unspecified atom stereocenters. The topological polar surface area (TPSA) is 38.3 Å². The summed E-state index contributed by atoms with van der Waals surface area (Å²) in [6, 6.07) is 5.60. The van der Waals surface area contributed by atoms with Gasteiger partial charge in [-0.1, -0.05) is 11.8 Å². The average Bonchev–Trinajstić information content (AvgIpc) is 2.64. The number of fused-ring (bicyclic) bond motifs is 1. The number of ether oxygens (including phenoxy) is 1. The minimum atomic E-state index is 0.0933. The first-order chi connectivity index (χ1) is 6.81. The number of thioether (sulfide) groups is 1. The molecular formula is C10H11NO2S. The summed E-state index contributed by atoms with van der Waals surface area (Å²) in [5, 5.41) is 2.84. The van der Waals surface area contributed by atoms with E-state index in [1.54, 1.807) is 18.8 Å². The number of benzene rings is 1. The Labute approximate surface area is 86.8 Å². The van der Waals surface area contributed by atoms with Crippen molar-refractivity contribution in [2.24, 2.45) is 0 Å². The molecule has 1 aliphatic rings. The number of ketones is 1. The highest BCUT2D eigenvalue weighted by Crippen LogP contribution is 2.36. The van der Waals surface area contributed by atoms with E-state index in [1.807, 2.05) is 18.2 Å². The number of hydrogen-bond acceptors (Lipinski definition) is 4. The summed E-state index contributed by atoms with van der Waals surface area (Å²) in [6.45, 7) is 0.367. The van der Waals surface area contributed by atoms with E-state index >= 15 is 0 Å². The highest BCUT2D eigenvalue weighted by molar-refractivity contribution is 7.99. The predicted molar refractivity (Wildman–Crippen MR) is 56.1 cm³/mol. The van der Waals surface area contributed by atoms with Gasteiger partial charge in [0.1, 0.15) is 11.7 Å². The third-order valence-corrected chi connectivity index (χ3v) is 2.92. The number of rotatable bonds is 3. The van der Waals surface area contributed by atoms with Gasteiger partial charge in [-0.25, -0.2) is 0 Å². The minimum Gasteiger partial charge on any atom is -0.481 e. The van der Waals surface area contributed by atoms with E-state index < -0.39 is 0 Å². The number of Topliss-reactive ketones (excluding diaryl/α,β-unsaturated/α-hetero) is 1. The molecule has 1 aromatic rings. The van der Waals surface area contributed by atoms with Crippen LogP contribution in [0.2, 0.25) is 0 Å². The fourth-order valence-electron chi connectivity index (χ4n) is 1.33. The quantitative estimate of drug-likeness (QED) is 0.766. The molecule has 0 aliphatic carbocycles. The zero-order chi connectivity index (χ0) is 9.97. The molecule has 4 heteroatoms. The second-order valence-electron chi connectivity index (χ2n) is 3.02. The standard InChI is InChI=1S/C10H11NO2S/c1-11-5-8(12)7-2-3-10-9(4-7)13-6-14-10/h2-4,11H,5-6H2,1H3. The molecule has 0 radical (unpaired) electrons. The van der Waals surface area contributed by atoms with E-state index in [0.29, 0.717) is 18.0 Å². The van der Waals surface area contributed by atoms with Crippen LogP contribution in [-0.2, 0) is 0 Å². The summed E-state index contributed by atoms with van der Waals surface area (Å²) >= 11 is 1.65. The third-order valence-electron chi connectivity index (χ3n) is 2.03. The fourth-order valence-corrected chi connectivity index (χ4v) is 2.07. The van der Waals surface area contributed by atoms with Gasteiger partial charge < -0.3 is 10.1 Å². The van der Waals surface area contributed by atoms with Crippen LogP contribution in [0.1, 0.15) is 10.4 Å². The van der Waals surface area contributed by atoms with Crippen LogP contribution in [0.4, 0.5) is 0 Å². The molecule has 1 aliphatic heterocycles. The van der Waals surface area contributed by atoms with Crippen molar-refractivity contribution < 1.29 is 9.53 Å². The van der Waals surface area contributed by atoms with Crippen LogP contribution < -0.4 is 10.1 Å². The molecule has 1 N–H and O–H groups in total. The van der Waals surface area contributed by atoms with Gasteiger partial charge >= 0.3 is 0 Å². The van der Waals surface area contributed by atoms with Crippen molar-refractivity contribution in [3.63, 3.8) is 0 Å². The Morgan fingerprint density at radius 3 is 3.29 bits per heavy atom. The van der Waals surface area contributed by atoms with Gasteiger partial charge in [-0.3, -0.25) is 4.79 Å². The lowest BCUT2D eigenvalue weighted by atomic mass is 10.1. The lowest BCUT2D eigenvalue weighted by molar-refractivity contribution is 0.0993. The van der Waals surface area contributed by atoms with E-state index in [4.69, 9.17) is 4.74 Å². The van der Waals surface area contributed by atoms with Gasteiger partial charge in [0.25, 0.3) is 0 Å². The van der Waals surface area contributed by atoms with Crippen LogP contribution in [0.5, 0.6) is 5.75 Å². The molecule has 0 bridgehead atoms. The predicted octanol–water partition coefficient (Wildman–Crippen LogP) is 1.53. The van der Waals surface area contributed by atoms with E-state index in [1.165, 1.54) is 0 Å². The van der Waals surface area contributed by atoms with Gasteiger partial charge in [-0.2, -0.15) is 0 Å². The summed E-state index contributed by atoms with van der Waals surface area (Å²) in [6.07, 6.45) is 0. The molecule has 14 heavy (non-hydrogen) atoms. The van der Waals surface area contributed by atoms with Gasteiger partial charge in [0.2, 0.25) is 0 Å². The Hall–Kier alpha value is -1.000. The van der Waals surface area contributed by atoms with Gasteiger partial charge in [-0.05, 0) is 25.2 Å². The van der Waals surface area contributed by atoms with Crippen LogP contribution in [0.3, 0.4) is 0 Å². The second-order valence-corrected chi connectivity index (χ2v) is 3.99. The molecule has 0 amide bonds. The second kappa shape index (κ2) is 4.02. The maximum Gasteiger partial charge on any atom is 0.176 e. The first-order valence-corrected chi connectivity index (χ1v) is 5.37.